The topological polar surface area (TPSA) is 78.9 Å². The van der Waals surface area contributed by atoms with Crippen molar-refractivity contribution in [1.82, 2.24) is 4.98 Å². The van der Waals surface area contributed by atoms with E-state index in [1.54, 1.807) is 37.8 Å². The second-order valence-electron chi connectivity index (χ2n) is 5.75. The molecule has 0 unspecified atom stereocenters. The fourth-order valence-electron chi connectivity index (χ4n) is 2.62. The number of anilines is 1. The Bertz CT molecular complexity index is 1040. The van der Waals surface area contributed by atoms with Crippen LogP contribution in [0.5, 0.6) is 23.0 Å². The summed E-state index contributed by atoms with van der Waals surface area (Å²) < 4.78 is 21.0. The van der Waals surface area contributed by atoms with E-state index in [2.05, 4.69) is 10.3 Å². The molecule has 1 amide bonds. The highest BCUT2D eigenvalue weighted by Gasteiger charge is 2.17. The van der Waals surface area contributed by atoms with E-state index in [9.17, 15) is 4.79 Å². The van der Waals surface area contributed by atoms with E-state index in [1.807, 2.05) is 12.1 Å². The third-order valence-electron chi connectivity index (χ3n) is 4.09. The molecule has 0 aliphatic heterocycles. The van der Waals surface area contributed by atoms with E-state index in [0.29, 0.717) is 38.7 Å². The lowest BCUT2D eigenvalue weighted by atomic mass is 10.2. The Morgan fingerprint density at radius 2 is 1.62 bits per heavy atom. The number of methoxy groups -OCH3 is 4. The van der Waals surface area contributed by atoms with Crippen molar-refractivity contribution in [3.05, 3.63) is 46.4 Å². The number of amides is 1. The van der Waals surface area contributed by atoms with Crippen molar-refractivity contribution in [2.24, 2.45) is 0 Å². The molecule has 0 aliphatic carbocycles. The van der Waals surface area contributed by atoms with E-state index < -0.39 is 0 Å². The van der Waals surface area contributed by atoms with Crippen molar-refractivity contribution in [3.63, 3.8) is 0 Å². The Labute approximate surface area is 177 Å². The van der Waals surface area contributed by atoms with E-state index in [4.69, 9.17) is 30.5 Å². The Hall–Kier alpha value is -2.97. The van der Waals surface area contributed by atoms with Crippen molar-refractivity contribution in [1.29, 1.82) is 0 Å². The largest absolute Gasteiger partial charge is 0.495 e. The first kappa shape index (κ1) is 20.8. The number of thiazole rings is 1. The number of carbonyl (C=O) groups excluding carboxylic acids is 1. The standard InChI is InChI=1S/C20H19ClN2O5S/c1-25-15-6-5-11(7-18(15)28-4)20-23-14(10-29-20)19(24)22-13-8-12(21)16(26-2)9-17(13)27-3/h5-10H,1-4H3,(H,22,24). The van der Waals surface area contributed by atoms with Gasteiger partial charge in [-0.3, -0.25) is 4.79 Å². The van der Waals surface area contributed by atoms with Crippen molar-refractivity contribution >= 4 is 34.5 Å². The Kier molecular flexibility index (Phi) is 6.46. The van der Waals surface area contributed by atoms with Gasteiger partial charge in [-0.1, -0.05) is 11.6 Å². The van der Waals surface area contributed by atoms with Crippen LogP contribution in [0.1, 0.15) is 10.5 Å². The van der Waals surface area contributed by atoms with Crippen LogP contribution >= 0.6 is 22.9 Å². The summed E-state index contributed by atoms with van der Waals surface area (Å²) in [4.78, 5) is 17.1. The van der Waals surface area contributed by atoms with Gasteiger partial charge < -0.3 is 24.3 Å². The smallest absolute Gasteiger partial charge is 0.275 e. The van der Waals surface area contributed by atoms with Crippen LogP contribution in [0.3, 0.4) is 0 Å². The van der Waals surface area contributed by atoms with Crippen LogP contribution in [0.15, 0.2) is 35.7 Å². The van der Waals surface area contributed by atoms with Gasteiger partial charge in [-0.2, -0.15) is 0 Å². The first-order chi connectivity index (χ1) is 14.0. The zero-order valence-electron chi connectivity index (χ0n) is 16.2. The van der Waals surface area contributed by atoms with E-state index in [0.717, 1.165) is 5.56 Å². The Morgan fingerprint density at radius 3 is 2.28 bits per heavy atom. The molecule has 152 valence electrons. The number of rotatable bonds is 7. The highest BCUT2D eigenvalue weighted by Crippen LogP contribution is 2.37. The lowest BCUT2D eigenvalue weighted by Crippen LogP contribution is -2.13. The molecule has 1 heterocycles. The monoisotopic (exact) mass is 434 g/mol. The third kappa shape index (κ3) is 4.38. The number of carbonyl (C=O) groups is 1. The van der Waals surface area contributed by atoms with Crippen LogP contribution < -0.4 is 24.3 Å². The molecule has 7 nitrogen and oxygen atoms in total. The molecule has 1 aromatic heterocycles. The molecule has 0 spiro atoms. The third-order valence-corrected chi connectivity index (χ3v) is 5.28. The number of halogens is 1. The van der Waals surface area contributed by atoms with Crippen LogP contribution in [0, 0.1) is 0 Å². The van der Waals surface area contributed by atoms with Crippen LogP contribution in [0.2, 0.25) is 5.02 Å². The predicted molar refractivity (Wildman–Crippen MR) is 113 cm³/mol. The second kappa shape index (κ2) is 9.02. The molecule has 2 aromatic carbocycles. The number of aromatic nitrogens is 1. The summed E-state index contributed by atoms with van der Waals surface area (Å²) in [6, 6.07) is 8.63. The van der Waals surface area contributed by atoms with Gasteiger partial charge >= 0.3 is 0 Å². The fourth-order valence-corrected chi connectivity index (χ4v) is 3.66. The average molecular weight is 435 g/mol. The van der Waals surface area contributed by atoms with Crippen LogP contribution in [0.25, 0.3) is 10.6 Å². The summed E-state index contributed by atoms with van der Waals surface area (Å²) in [6.45, 7) is 0. The van der Waals surface area contributed by atoms with E-state index in [1.165, 1.54) is 25.6 Å². The predicted octanol–water partition coefficient (Wildman–Crippen LogP) is 4.75. The molecule has 0 fully saturated rings. The van der Waals surface area contributed by atoms with E-state index >= 15 is 0 Å². The number of nitrogens with zero attached hydrogens (tertiary/aromatic N) is 1. The van der Waals surface area contributed by atoms with Gasteiger partial charge in [-0.05, 0) is 24.3 Å². The first-order valence-electron chi connectivity index (χ1n) is 8.41. The molecule has 0 bridgehead atoms. The minimum absolute atomic E-state index is 0.272. The molecule has 0 saturated carbocycles. The van der Waals surface area contributed by atoms with Gasteiger partial charge in [0.2, 0.25) is 0 Å². The van der Waals surface area contributed by atoms with Gasteiger partial charge in [0.15, 0.2) is 11.5 Å². The highest BCUT2D eigenvalue weighted by molar-refractivity contribution is 7.13. The maximum atomic E-state index is 12.7. The molecule has 0 atom stereocenters. The molecular formula is C20H19ClN2O5S. The zero-order valence-corrected chi connectivity index (χ0v) is 17.8. The Morgan fingerprint density at radius 1 is 0.931 bits per heavy atom. The molecule has 29 heavy (non-hydrogen) atoms. The number of hydrogen-bond donors (Lipinski definition) is 1. The van der Waals surface area contributed by atoms with Crippen LogP contribution in [-0.2, 0) is 0 Å². The second-order valence-corrected chi connectivity index (χ2v) is 7.01. The number of benzene rings is 2. The van der Waals surface area contributed by atoms with Crippen molar-refractivity contribution in [3.8, 4) is 33.6 Å². The van der Waals surface area contributed by atoms with Crippen molar-refractivity contribution in [2.75, 3.05) is 33.8 Å². The quantitative estimate of drug-likeness (QED) is 0.578. The molecule has 9 heteroatoms. The lowest BCUT2D eigenvalue weighted by molar-refractivity contribution is 0.102. The summed E-state index contributed by atoms with van der Waals surface area (Å²) in [7, 11) is 6.14. The zero-order chi connectivity index (χ0) is 21.0. The van der Waals surface area contributed by atoms with Crippen LogP contribution in [0.4, 0.5) is 5.69 Å². The first-order valence-corrected chi connectivity index (χ1v) is 9.67. The van der Waals surface area contributed by atoms with Gasteiger partial charge in [0.1, 0.15) is 22.2 Å². The average Bonchev–Trinajstić information content (AvgIpc) is 3.24. The maximum Gasteiger partial charge on any atom is 0.275 e. The van der Waals surface area contributed by atoms with Crippen LogP contribution in [-0.4, -0.2) is 39.3 Å². The van der Waals surface area contributed by atoms with Gasteiger partial charge in [0, 0.05) is 17.0 Å². The number of hydrogen-bond acceptors (Lipinski definition) is 7. The summed E-state index contributed by atoms with van der Waals surface area (Å²) in [6.07, 6.45) is 0. The Balaban J connectivity index is 1.84. The molecular weight excluding hydrogens is 416 g/mol. The van der Waals surface area contributed by atoms with Gasteiger partial charge in [0.25, 0.3) is 5.91 Å². The van der Waals surface area contributed by atoms with Gasteiger partial charge in [-0.15, -0.1) is 11.3 Å². The molecule has 3 aromatic rings. The minimum atomic E-state index is -0.382. The number of ether oxygens (including phenoxy) is 4. The van der Waals surface area contributed by atoms with Crippen molar-refractivity contribution in [2.45, 2.75) is 0 Å². The molecule has 1 N–H and O–H groups in total. The highest BCUT2D eigenvalue weighted by atomic mass is 35.5. The normalized spacial score (nSPS) is 10.4. The SMILES string of the molecule is COc1cc(OC)c(NC(=O)c2csc(-c3ccc(OC)c(OC)c3)n2)cc1Cl. The lowest BCUT2D eigenvalue weighted by Gasteiger charge is -2.12. The molecule has 0 radical (unpaired) electrons. The minimum Gasteiger partial charge on any atom is -0.495 e. The maximum absolute atomic E-state index is 12.7. The number of nitrogens with one attached hydrogen (secondary N) is 1. The van der Waals surface area contributed by atoms with Crippen molar-refractivity contribution < 1.29 is 23.7 Å². The summed E-state index contributed by atoms with van der Waals surface area (Å²) in [5.41, 5.74) is 1.51. The molecule has 0 aliphatic rings. The summed E-state index contributed by atoms with van der Waals surface area (Å²) in [5, 5.41) is 5.48. The summed E-state index contributed by atoms with van der Waals surface area (Å²) in [5.74, 6) is 1.70. The van der Waals surface area contributed by atoms with Gasteiger partial charge in [0.05, 0.1) is 39.1 Å². The summed E-state index contributed by atoms with van der Waals surface area (Å²) >= 11 is 7.51. The molecule has 3 rings (SSSR count). The van der Waals surface area contributed by atoms with E-state index in [-0.39, 0.29) is 11.6 Å². The fraction of sp³-hybridized carbons (Fsp3) is 0.200. The van der Waals surface area contributed by atoms with Gasteiger partial charge in [-0.25, -0.2) is 4.98 Å². The molecule has 0 saturated heterocycles.